The zero-order chi connectivity index (χ0) is 11.7. The summed E-state index contributed by atoms with van der Waals surface area (Å²) in [5.41, 5.74) is 3.90. The molecule has 16 heavy (non-hydrogen) atoms. The molecule has 1 atom stereocenters. The number of aryl methyl sites for hydroxylation is 1. The van der Waals surface area contributed by atoms with Crippen molar-refractivity contribution in [2.45, 2.75) is 26.2 Å². The fourth-order valence-corrected chi connectivity index (χ4v) is 3.10. The maximum atomic E-state index is 5.58. The van der Waals surface area contributed by atoms with Gasteiger partial charge in [0, 0.05) is 22.5 Å². The molecule has 1 unspecified atom stereocenters. The molecule has 1 aliphatic heterocycles. The van der Waals surface area contributed by atoms with E-state index in [1.165, 1.54) is 27.6 Å². The Morgan fingerprint density at radius 3 is 2.75 bits per heavy atom. The predicted octanol–water partition coefficient (Wildman–Crippen LogP) is 3.15. The molecular weight excluding hydrogens is 266 g/mol. The van der Waals surface area contributed by atoms with Crippen LogP contribution in [0, 0.1) is 13.8 Å². The second-order valence-electron chi connectivity index (χ2n) is 4.44. The first kappa shape index (κ1) is 11.9. The third kappa shape index (κ3) is 1.98. The Labute approximate surface area is 106 Å². The van der Waals surface area contributed by atoms with Crippen molar-refractivity contribution in [3.8, 4) is 5.75 Å². The molecule has 1 fully saturated rings. The van der Waals surface area contributed by atoms with Gasteiger partial charge in [-0.2, -0.15) is 0 Å². The molecule has 88 valence electrons. The van der Waals surface area contributed by atoms with Crippen molar-refractivity contribution in [3.05, 3.63) is 27.2 Å². The van der Waals surface area contributed by atoms with Crippen molar-refractivity contribution < 1.29 is 4.74 Å². The number of benzene rings is 1. The van der Waals surface area contributed by atoms with Gasteiger partial charge in [0.05, 0.1) is 7.11 Å². The van der Waals surface area contributed by atoms with Gasteiger partial charge in [-0.1, -0.05) is 15.9 Å². The van der Waals surface area contributed by atoms with Crippen LogP contribution in [-0.2, 0) is 0 Å². The molecule has 1 heterocycles. The molecule has 1 aliphatic rings. The highest BCUT2D eigenvalue weighted by Gasteiger charge is 2.24. The number of hydrogen-bond acceptors (Lipinski definition) is 2. The Hall–Kier alpha value is -0.540. The summed E-state index contributed by atoms with van der Waals surface area (Å²) in [4.78, 5) is 0. The molecule has 0 spiro atoms. The third-order valence-corrected chi connectivity index (χ3v) is 4.20. The van der Waals surface area contributed by atoms with Crippen molar-refractivity contribution >= 4 is 15.9 Å². The SMILES string of the molecule is COc1c(C)cc(Br)c(C)c1C1CCNC1. The Bertz CT molecular complexity index is 397. The number of rotatable bonds is 2. The summed E-state index contributed by atoms with van der Waals surface area (Å²) in [5.74, 6) is 1.65. The lowest BCUT2D eigenvalue weighted by Crippen LogP contribution is -2.10. The maximum Gasteiger partial charge on any atom is 0.125 e. The quantitative estimate of drug-likeness (QED) is 0.900. The first-order chi connectivity index (χ1) is 7.65. The second kappa shape index (κ2) is 4.76. The smallest absolute Gasteiger partial charge is 0.125 e. The van der Waals surface area contributed by atoms with Crippen LogP contribution in [0.3, 0.4) is 0 Å². The highest BCUT2D eigenvalue weighted by Crippen LogP contribution is 2.39. The van der Waals surface area contributed by atoms with Gasteiger partial charge in [-0.15, -0.1) is 0 Å². The number of ether oxygens (including phenoxy) is 1. The van der Waals surface area contributed by atoms with Crippen LogP contribution in [0.1, 0.15) is 29.0 Å². The average Bonchev–Trinajstić information content (AvgIpc) is 2.76. The van der Waals surface area contributed by atoms with Gasteiger partial charge in [-0.05, 0) is 44.0 Å². The van der Waals surface area contributed by atoms with Crippen LogP contribution in [-0.4, -0.2) is 20.2 Å². The molecule has 1 aromatic rings. The molecule has 3 heteroatoms. The van der Waals surface area contributed by atoms with Crippen LogP contribution in [0.2, 0.25) is 0 Å². The van der Waals surface area contributed by atoms with E-state index in [0.29, 0.717) is 5.92 Å². The van der Waals surface area contributed by atoms with Crippen LogP contribution in [0.25, 0.3) is 0 Å². The van der Waals surface area contributed by atoms with E-state index in [1.807, 2.05) is 0 Å². The van der Waals surface area contributed by atoms with Gasteiger partial charge in [0.15, 0.2) is 0 Å². The molecule has 0 aromatic heterocycles. The highest BCUT2D eigenvalue weighted by atomic mass is 79.9. The van der Waals surface area contributed by atoms with E-state index in [2.05, 4.69) is 41.2 Å². The maximum absolute atomic E-state index is 5.58. The minimum Gasteiger partial charge on any atom is -0.496 e. The minimum atomic E-state index is 0.589. The number of hydrogen-bond donors (Lipinski definition) is 1. The Balaban J connectivity index is 2.54. The van der Waals surface area contributed by atoms with Crippen LogP contribution < -0.4 is 10.1 Å². The molecule has 0 amide bonds. The second-order valence-corrected chi connectivity index (χ2v) is 5.29. The average molecular weight is 284 g/mol. The largest absolute Gasteiger partial charge is 0.496 e. The van der Waals surface area contributed by atoms with Crippen molar-refractivity contribution in [3.63, 3.8) is 0 Å². The lowest BCUT2D eigenvalue weighted by molar-refractivity contribution is 0.402. The van der Waals surface area contributed by atoms with E-state index in [4.69, 9.17) is 4.74 Å². The first-order valence-corrected chi connectivity index (χ1v) is 6.48. The Morgan fingerprint density at radius 1 is 1.44 bits per heavy atom. The molecule has 0 aliphatic carbocycles. The van der Waals surface area contributed by atoms with Crippen LogP contribution in [0.4, 0.5) is 0 Å². The Kier molecular flexibility index (Phi) is 3.55. The molecular formula is C13H18BrNO. The van der Waals surface area contributed by atoms with Crippen LogP contribution in [0.15, 0.2) is 10.5 Å². The molecule has 0 bridgehead atoms. The van der Waals surface area contributed by atoms with E-state index in [0.717, 1.165) is 18.8 Å². The van der Waals surface area contributed by atoms with Gasteiger partial charge in [-0.3, -0.25) is 0 Å². The molecule has 1 N–H and O–H groups in total. The monoisotopic (exact) mass is 283 g/mol. The molecule has 1 aromatic carbocycles. The van der Waals surface area contributed by atoms with Gasteiger partial charge in [0.2, 0.25) is 0 Å². The standard InChI is InChI=1S/C13H18BrNO/c1-8-6-11(14)9(2)12(13(8)16-3)10-4-5-15-7-10/h6,10,15H,4-5,7H2,1-3H3. The van der Waals surface area contributed by atoms with Crippen molar-refractivity contribution in [2.75, 3.05) is 20.2 Å². The molecule has 0 saturated carbocycles. The summed E-state index contributed by atoms with van der Waals surface area (Å²) in [7, 11) is 1.77. The summed E-state index contributed by atoms with van der Waals surface area (Å²) in [6, 6.07) is 2.14. The van der Waals surface area contributed by atoms with Gasteiger partial charge in [0.1, 0.15) is 5.75 Å². The predicted molar refractivity (Wildman–Crippen MR) is 70.4 cm³/mol. The minimum absolute atomic E-state index is 0.589. The summed E-state index contributed by atoms with van der Waals surface area (Å²) >= 11 is 3.63. The number of nitrogens with one attached hydrogen (secondary N) is 1. The van der Waals surface area contributed by atoms with E-state index in [-0.39, 0.29) is 0 Å². The van der Waals surface area contributed by atoms with Crippen molar-refractivity contribution in [1.82, 2.24) is 5.32 Å². The van der Waals surface area contributed by atoms with Gasteiger partial charge < -0.3 is 10.1 Å². The summed E-state index contributed by atoms with van der Waals surface area (Å²) in [6.07, 6.45) is 1.20. The zero-order valence-electron chi connectivity index (χ0n) is 10.1. The van der Waals surface area contributed by atoms with Gasteiger partial charge in [0.25, 0.3) is 0 Å². The summed E-state index contributed by atoms with van der Waals surface area (Å²) in [6.45, 7) is 6.44. The van der Waals surface area contributed by atoms with Crippen LogP contribution >= 0.6 is 15.9 Å². The summed E-state index contributed by atoms with van der Waals surface area (Å²) < 4.78 is 6.76. The summed E-state index contributed by atoms with van der Waals surface area (Å²) in [5, 5.41) is 3.42. The number of halogens is 1. The van der Waals surface area contributed by atoms with Gasteiger partial charge >= 0.3 is 0 Å². The Morgan fingerprint density at radius 2 is 2.19 bits per heavy atom. The first-order valence-electron chi connectivity index (χ1n) is 5.69. The van der Waals surface area contributed by atoms with Crippen molar-refractivity contribution in [1.29, 1.82) is 0 Å². The fourth-order valence-electron chi connectivity index (χ4n) is 2.54. The highest BCUT2D eigenvalue weighted by molar-refractivity contribution is 9.10. The van der Waals surface area contributed by atoms with Gasteiger partial charge in [-0.25, -0.2) is 0 Å². The number of methoxy groups -OCH3 is 1. The third-order valence-electron chi connectivity index (χ3n) is 3.38. The lowest BCUT2D eigenvalue weighted by Gasteiger charge is -2.20. The molecule has 1 saturated heterocycles. The van der Waals surface area contributed by atoms with E-state index >= 15 is 0 Å². The normalized spacial score (nSPS) is 20.1. The topological polar surface area (TPSA) is 21.3 Å². The van der Waals surface area contributed by atoms with Crippen molar-refractivity contribution in [2.24, 2.45) is 0 Å². The van der Waals surface area contributed by atoms with E-state index in [1.54, 1.807) is 7.11 Å². The molecule has 0 radical (unpaired) electrons. The lowest BCUT2D eigenvalue weighted by atomic mass is 9.91. The van der Waals surface area contributed by atoms with Crippen LogP contribution in [0.5, 0.6) is 5.75 Å². The van der Waals surface area contributed by atoms with E-state index < -0.39 is 0 Å². The molecule has 2 rings (SSSR count). The zero-order valence-corrected chi connectivity index (χ0v) is 11.6. The fraction of sp³-hybridized carbons (Fsp3) is 0.538. The van der Waals surface area contributed by atoms with E-state index in [9.17, 15) is 0 Å². The molecule has 2 nitrogen and oxygen atoms in total.